The maximum absolute atomic E-state index is 11.6. The topological polar surface area (TPSA) is 49.8 Å². The number of amides is 1. The van der Waals surface area contributed by atoms with E-state index in [1.165, 1.54) is 4.90 Å². The Kier molecular flexibility index (Phi) is 4.15. The molecule has 1 aliphatic carbocycles. The largest absolute Gasteiger partial charge is 0.450 e. The fraction of sp³-hybridized carbons (Fsp3) is 0.727. The summed E-state index contributed by atoms with van der Waals surface area (Å²) in [6.07, 6.45) is 6.10. The first kappa shape index (κ1) is 12.0. The lowest BCUT2D eigenvalue weighted by Gasteiger charge is -2.40. The molecule has 0 spiro atoms. The van der Waals surface area contributed by atoms with Gasteiger partial charge in [0.15, 0.2) is 0 Å². The predicted molar refractivity (Wildman–Crippen MR) is 57.6 cm³/mol. The van der Waals surface area contributed by atoms with E-state index in [-0.39, 0.29) is 12.7 Å². The number of carbonyl (C=O) groups excluding carboxylic acids is 1. The molecule has 0 radical (unpaired) electrons. The van der Waals surface area contributed by atoms with Crippen LogP contribution in [0.2, 0.25) is 0 Å². The second-order valence-corrected chi connectivity index (χ2v) is 3.85. The second-order valence-electron chi connectivity index (χ2n) is 3.85. The standard InChI is InChI=1S/C11H19NO3/c1-3-15-10(14)12(2)11(9-13)7-5-4-6-8-11/h4-5,13H,3,6-9H2,1-2H3. The van der Waals surface area contributed by atoms with E-state index in [9.17, 15) is 9.90 Å². The summed E-state index contributed by atoms with van der Waals surface area (Å²) in [5.74, 6) is 0. The Hall–Kier alpha value is -1.03. The highest BCUT2D eigenvalue weighted by molar-refractivity contribution is 5.68. The number of hydrogen-bond acceptors (Lipinski definition) is 3. The van der Waals surface area contributed by atoms with E-state index < -0.39 is 5.54 Å². The number of allylic oxidation sites excluding steroid dienone is 1. The summed E-state index contributed by atoms with van der Waals surface area (Å²) in [5, 5.41) is 9.45. The van der Waals surface area contributed by atoms with Crippen LogP contribution in [0.25, 0.3) is 0 Å². The molecule has 1 aliphatic rings. The highest BCUT2D eigenvalue weighted by atomic mass is 16.6. The van der Waals surface area contributed by atoms with E-state index in [1.807, 2.05) is 6.08 Å². The molecule has 0 aromatic carbocycles. The molecule has 0 saturated heterocycles. The summed E-state index contributed by atoms with van der Waals surface area (Å²) >= 11 is 0. The monoisotopic (exact) mass is 213 g/mol. The third-order valence-corrected chi connectivity index (χ3v) is 2.99. The third-order valence-electron chi connectivity index (χ3n) is 2.99. The molecule has 1 N–H and O–H groups in total. The highest BCUT2D eigenvalue weighted by Crippen LogP contribution is 2.29. The van der Waals surface area contributed by atoms with E-state index in [2.05, 4.69) is 6.08 Å². The molecular weight excluding hydrogens is 194 g/mol. The van der Waals surface area contributed by atoms with Crippen LogP contribution in [0.1, 0.15) is 26.2 Å². The van der Waals surface area contributed by atoms with Crippen molar-refractivity contribution in [3.8, 4) is 0 Å². The van der Waals surface area contributed by atoms with Gasteiger partial charge in [0.25, 0.3) is 0 Å². The van der Waals surface area contributed by atoms with Gasteiger partial charge in [0.2, 0.25) is 0 Å². The van der Waals surface area contributed by atoms with E-state index in [0.717, 1.165) is 12.8 Å². The Morgan fingerprint density at radius 1 is 1.60 bits per heavy atom. The van der Waals surface area contributed by atoms with Gasteiger partial charge < -0.3 is 14.7 Å². The van der Waals surface area contributed by atoms with E-state index in [0.29, 0.717) is 13.0 Å². The van der Waals surface area contributed by atoms with Gasteiger partial charge in [-0.05, 0) is 26.2 Å². The Morgan fingerprint density at radius 3 is 2.80 bits per heavy atom. The quantitative estimate of drug-likeness (QED) is 0.723. The number of aliphatic hydroxyl groups excluding tert-OH is 1. The van der Waals surface area contributed by atoms with Crippen LogP contribution in [-0.4, -0.2) is 41.9 Å². The van der Waals surface area contributed by atoms with Crippen molar-refractivity contribution in [2.45, 2.75) is 31.7 Å². The van der Waals surface area contributed by atoms with Gasteiger partial charge in [-0.25, -0.2) is 4.79 Å². The zero-order valence-corrected chi connectivity index (χ0v) is 9.40. The van der Waals surface area contributed by atoms with Gasteiger partial charge in [0.1, 0.15) is 0 Å². The number of hydrogen-bond donors (Lipinski definition) is 1. The molecule has 0 aromatic heterocycles. The first-order valence-corrected chi connectivity index (χ1v) is 5.33. The molecule has 0 bridgehead atoms. The molecule has 1 rings (SSSR count). The van der Waals surface area contributed by atoms with Crippen LogP contribution in [0.3, 0.4) is 0 Å². The first-order valence-electron chi connectivity index (χ1n) is 5.33. The number of nitrogens with zero attached hydrogens (tertiary/aromatic N) is 1. The van der Waals surface area contributed by atoms with E-state index in [4.69, 9.17) is 4.74 Å². The second kappa shape index (κ2) is 5.16. The van der Waals surface area contributed by atoms with Crippen molar-refractivity contribution in [1.29, 1.82) is 0 Å². The van der Waals surface area contributed by atoms with E-state index in [1.54, 1.807) is 14.0 Å². The Balaban J connectivity index is 2.72. The van der Waals surface area contributed by atoms with Gasteiger partial charge in [0.05, 0.1) is 18.8 Å². The van der Waals surface area contributed by atoms with Crippen molar-refractivity contribution >= 4 is 6.09 Å². The van der Waals surface area contributed by atoms with Crippen LogP contribution in [-0.2, 0) is 4.74 Å². The van der Waals surface area contributed by atoms with Gasteiger partial charge in [0, 0.05) is 7.05 Å². The van der Waals surface area contributed by atoms with Crippen LogP contribution >= 0.6 is 0 Å². The average Bonchev–Trinajstić information content (AvgIpc) is 2.29. The zero-order valence-electron chi connectivity index (χ0n) is 9.40. The minimum Gasteiger partial charge on any atom is -0.450 e. The van der Waals surface area contributed by atoms with Crippen molar-refractivity contribution in [1.82, 2.24) is 4.90 Å². The van der Waals surface area contributed by atoms with Crippen molar-refractivity contribution in [3.05, 3.63) is 12.2 Å². The molecule has 0 aromatic rings. The molecule has 4 heteroatoms. The maximum Gasteiger partial charge on any atom is 0.410 e. The molecule has 15 heavy (non-hydrogen) atoms. The molecule has 0 fully saturated rings. The Morgan fingerprint density at radius 2 is 2.33 bits per heavy atom. The zero-order chi connectivity index (χ0) is 11.3. The summed E-state index contributed by atoms with van der Waals surface area (Å²) in [4.78, 5) is 13.1. The van der Waals surface area contributed by atoms with Gasteiger partial charge in [-0.1, -0.05) is 12.2 Å². The molecule has 1 unspecified atom stereocenters. The van der Waals surface area contributed by atoms with E-state index >= 15 is 0 Å². The third kappa shape index (κ3) is 2.50. The van der Waals surface area contributed by atoms with Crippen LogP contribution in [0.4, 0.5) is 4.79 Å². The number of carbonyl (C=O) groups is 1. The summed E-state index contributed by atoms with van der Waals surface area (Å²) in [6, 6.07) is 0. The maximum atomic E-state index is 11.6. The van der Waals surface area contributed by atoms with Crippen LogP contribution in [0.5, 0.6) is 0 Å². The molecule has 0 aliphatic heterocycles. The average molecular weight is 213 g/mol. The SMILES string of the molecule is CCOC(=O)N(C)C1(CO)CC=CCC1. The van der Waals surface area contributed by atoms with Crippen molar-refractivity contribution in [2.24, 2.45) is 0 Å². The molecule has 0 heterocycles. The lowest BCUT2D eigenvalue weighted by Crippen LogP contribution is -2.52. The lowest BCUT2D eigenvalue weighted by atomic mass is 9.85. The molecule has 86 valence electrons. The lowest BCUT2D eigenvalue weighted by molar-refractivity contribution is 0.0280. The summed E-state index contributed by atoms with van der Waals surface area (Å²) in [6.45, 7) is 2.12. The van der Waals surface area contributed by atoms with Crippen LogP contribution in [0, 0.1) is 0 Å². The van der Waals surface area contributed by atoms with Crippen LogP contribution < -0.4 is 0 Å². The minimum absolute atomic E-state index is 0.0212. The number of ether oxygens (including phenoxy) is 1. The summed E-state index contributed by atoms with van der Waals surface area (Å²) in [7, 11) is 1.69. The predicted octanol–water partition coefficient (Wildman–Crippen LogP) is 1.55. The molecule has 0 saturated carbocycles. The fourth-order valence-corrected chi connectivity index (χ4v) is 1.84. The van der Waals surface area contributed by atoms with Gasteiger partial charge in [-0.15, -0.1) is 0 Å². The normalized spacial score (nSPS) is 25.0. The Labute approximate surface area is 90.5 Å². The van der Waals surface area contributed by atoms with Gasteiger partial charge >= 0.3 is 6.09 Å². The van der Waals surface area contributed by atoms with Crippen LogP contribution in [0.15, 0.2) is 12.2 Å². The van der Waals surface area contributed by atoms with Crippen molar-refractivity contribution < 1.29 is 14.6 Å². The summed E-state index contributed by atoms with van der Waals surface area (Å²) in [5.41, 5.74) is -0.471. The summed E-state index contributed by atoms with van der Waals surface area (Å²) < 4.78 is 4.94. The Bertz CT molecular complexity index is 252. The minimum atomic E-state index is -0.471. The molecule has 4 nitrogen and oxygen atoms in total. The molecule has 1 amide bonds. The molecule has 1 atom stereocenters. The smallest absolute Gasteiger partial charge is 0.410 e. The van der Waals surface area contributed by atoms with Gasteiger partial charge in [-0.3, -0.25) is 0 Å². The van der Waals surface area contributed by atoms with Crippen molar-refractivity contribution in [2.75, 3.05) is 20.3 Å². The highest BCUT2D eigenvalue weighted by Gasteiger charge is 2.37. The number of aliphatic hydroxyl groups is 1. The fourth-order valence-electron chi connectivity index (χ4n) is 1.84. The number of likely N-dealkylation sites (N-methyl/N-ethyl adjacent to an activating group) is 1. The first-order chi connectivity index (χ1) is 7.16. The van der Waals surface area contributed by atoms with Gasteiger partial charge in [-0.2, -0.15) is 0 Å². The molecular formula is C11H19NO3. The van der Waals surface area contributed by atoms with Crippen molar-refractivity contribution in [3.63, 3.8) is 0 Å². The number of rotatable bonds is 3.